The monoisotopic (exact) mass is 710 g/mol. The molecule has 2 amide bonds. The van der Waals surface area contributed by atoms with Crippen LogP contribution in [0.4, 0.5) is 43.7 Å². The quantitative estimate of drug-likeness (QED) is 0.305. The Morgan fingerprint density at radius 1 is 1.00 bits per heavy atom. The summed E-state index contributed by atoms with van der Waals surface area (Å²) >= 11 is 2.42. The minimum atomic E-state index is -4.91. The molecule has 0 radical (unpaired) electrons. The number of anilines is 3. The van der Waals surface area contributed by atoms with Crippen LogP contribution in [0, 0.1) is 0 Å². The van der Waals surface area contributed by atoms with Gasteiger partial charge in [0.2, 0.25) is 5.95 Å². The fourth-order valence-electron chi connectivity index (χ4n) is 6.91. The maximum atomic E-state index is 14.2. The number of aromatic nitrogens is 2. The average molecular weight is 711 g/mol. The van der Waals surface area contributed by atoms with Gasteiger partial charge >= 0.3 is 18.3 Å². The van der Waals surface area contributed by atoms with Crippen LogP contribution < -0.4 is 10.2 Å². The Balaban J connectivity index is 1.07. The number of hydrogen-bond donors (Lipinski definition) is 1. The second-order valence-corrected chi connectivity index (χ2v) is 14.8. The molecule has 3 aromatic rings. The zero-order valence-corrected chi connectivity index (χ0v) is 26.7. The van der Waals surface area contributed by atoms with Crippen molar-refractivity contribution in [3.63, 3.8) is 0 Å². The van der Waals surface area contributed by atoms with Crippen LogP contribution >= 0.6 is 23.1 Å². The van der Waals surface area contributed by atoms with Crippen molar-refractivity contribution in [3.05, 3.63) is 46.5 Å². The van der Waals surface area contributed by atoms with Crippen molar-refractivity contribution in [2.24, 2.45) is 0 Å². The van der Waals surface area contributed by atoms with Crippen LogP contribution in [0.2, 0.25) is 0 Å². The number of hydrogen-bond acceptors (Lipinski definition) is 9. The topological polar surface area (TPSA) is 90.9 Å². The molecule has 0 spiro atoms. The first-order chi connectivity index (χ1) is 22.8. The van der Waals surface area contributed by atoms with Crippen LogP contribution in [-0.4, -0.2) is 94.5 Å². The van der Waals surface area contributed by atoms with E-state index in [1.54, 1.807) is 17.0 Å². The number of halogens is 6. The number of nitrogens with one attached hydrogen (secondary N) is 1. The molecule has 2 atom stereocenters. The maximum Gasteiger partial charge on any atom is 0.471 e. The van der Waals surface area contributed by atoms with Gasteiger partial charge in [-0.15, -0.1) is 23.1 Å². The molecule has 8 rings (SSSR count). The summed E-state index contributed by atoms with van der Waals surface area (Å²) < 4.78 is 87.1. The molecule has 3 saturated heterocycles. The Kier molecular flexibility index (Phi) is 7.60. The Morgan fingerprint density at radius 2 is 1.79 bits per heavy atom. The lowest BCUT2D eigenvalue weighted by Gasteiger charge is -2.36. The van der Waals surface area contributed by atoms with E-state index in [-0.39, 0.29) is 53.5 Å². The molecule has 2 aromatic heterocycles. The van der Waals surface area contributed by atoms with Crippen molar-refractivity contribution in [1.29, 1.82) is 0 Å². The van der Waals surface area contributed by atoms with E-state index in [0.717, 1.165) is 46.5 Å². The van der Waals surface area contributed by atoms with Gasteiger partial charge in [-0.2, -0.15) is 26.3 Å². The number of ether oxygens (including phenoxy) is 1. The van der Waals surface area contributed by atoms with Gasteiger partial charge in [0.05, 0.1) is 35.9 Å². The summed E-state index contributed by atoms with van der Waals surface area (Å²) in [4.78, 5) is 39.5. The molecule has 9 nitrogen and oxygen atoms in total. The molecule has 1 aromatic carbocycles. The number of fused-ring (bicyclic) bond motifs is 3. The van der Waals surface area contributed by atoms with Crippen molar-refractivity contribution in [1.82, 2.24) is 19.8 Å². The molecule has 48 heavy (non-hydrogen) atoms. The largest absolute Gasteiger partial charge is 0.471 e. The highest BCUT2D eigenvalue weighted by molar-refractivity contribution is 7.99. The van der Waals surface area contributed by atoms with Gasteiger partial charge < -0.3 is 24.8 Å². The average Bonchev–Trinajstić information content (AvgIpc) is 3.50. The second kappa shape index (κ2) is 11.5. The summed E-state index contributed by atoms with van der Waals surface area (Å²) in [6, 6.07) is 6.34. The molecular weight excluding hydrogens is 683 g/mol. The smallest absolute Gasteiger partial charge is 0.377 e. The van der Waals surface area contributed by atoms with Crippen LogP contribution in [0.1, 0.15) is 46.0 Å². The van der Waals surface area contributed by atoms with E-state index in [1.165, 1.54) is 11.8 Å². The number of carbonyl (C=O) groups excluding carboxylic acids is 2. The molecule has 4 fully saturated rings. The lowest BCUT2D eigenvalue weighted by Crippen LogP contribution is -2.52. The molecule has 2 bridgehead atoms. The lowest BCUT2D eigenvalue weighted by atomic mass is 10.1. The van der Waals surface area contributed by atoms with E-state index in [4.69, 9.17) is 4.74 Å². The van der Waals surface area contributed by atoms with E-state index >= 15 is 0 Å². The van der Waals surface area contributed by atoms with Gasteiger partial charge in [0.1, 0.15) is 10.4 Å². The molecule has 1 aliphatic carbocycles. The van der Waals surface area contributed by atoms with Gasteiger partial charge in [-0.05, 0) is 55.0 Å². The first-order valence-electron chi connectivity index (χ1n) is 15.5. The van der Waals surface area contributed by atoms with Crippen molar-refractivity contribution >= 4 is 52.2 Å². The first-order valence-corrected chi connectivity index (χ1v) is 17.3. The normalized spacial score (nSPS) is 23.0. The van der Waals surface area contributed by atoms with E-state index in [0.29, 0.717) is 47.4 Å². The Hall–Kier alpha value is -3.57. The van der Waals surface area contributed by atoms with Gasteiger partial charge in [0, 0.05) is 53.9 Å². The number of benzene rings is 1. The van der Waals surface area contributed by atoms with E-state index in [1.807, 2.05) is 17.0 Å². The zero-order chi connectivity index (χ0) is 33.5. The van der Waals surface area contributed by atoms with E-state index in [2.05, 4.69) is 15.3 Å². The summed E-state index contributed by atoms with van der Waals surface area (Å²) in [6.07, 6.45) is -6.62. The van der Waals surface area contributed by atoms with Gasteiger partial charge in [0.15, 0.2) is 0 Å². The summed E-state index contributed by atoms with van der Waals surface area (Å²) in [7, 11) is 0. The number of amides is 2. The number of nitrogens with zero attached hydrogens (tertiary/aromatic N) is 5. The minimum Gasteiger partial charge on any atom is -0.377 e. The third-order valence-corrected chi connectivity index (χ3v) is 11.8. The summed E-state index contributed by atoms with van der Waals surface area (Å²) in [5, 5.41) is 3.12. The SMILES string of the molecule is O=C1c2sc(-c3nc(Nc4ccc(N5C[C@@H]6CC5CN6C(=O)C(F)(F)F)cc4C4CC4)ncc3C(F)(F)F)cc2SCCN1C1COC1. The number of likely N-dealkylation sites (tertiary alicyclic amines) is 1. The molecule has 1 saturated carbocycles. The minimum absolute atomic E-state index is 0.00672. The highest BCUT2D eigenvalue weighted by Gasteiger charge is 2.52. The van der Waals surface area contributed by atoms with Crippen LogP contribution in [0.3, 0.4) is 0 Å². The number of carbonyl (C=O) groups is 2. The van der Waals surface area contributed by atoms with Crippen molar-refractivity contribution in [2.45, 2.75) is 60.6 Å². The summed E-state index contributed by atoms with van der Waals surface area (Å²) in [5.41, 5.74) is 1.02. The molecule has 1 N–H and O–H groups in total. The van der Waals surface area contributed by atoms with Crippen LogP contribution in [-0.2, 0) is 15.7 Å². The van der Waals surface area contributed by atoms with Crippen molar-refractivity contribution < 1.29 is 40.7 Å². The Morgan fingerprint density at radius 3 is 2.44 bits per heavy atom. The van der Waals surface area contributed by atoms with Crippen LogP contribution in [0.25, 0.3) is 10.6 Å². The summed E-state index contributed by atoms with van der Waals surface area (Å²) in [6.45, 7) is 1.68. The Bertz CT molecular complexity index is 1790. The number of piperazine rings is 1. The standard InChI is InChI=1S/C31H28F6N6O3S2/c32-30(33,34)21-10-38-29(40-25(21)23-9-24-26(48-23)27(44)41(5-6-47-24)19-13-46-14-19)39-22-4-3-16(8-20(22)15-1-2-15)42-11-18-7-17(42)12-43(18)28(45)31(35,36)37/h3-4,8-10,15,17-19H,1-2,5-7,11-14H2,(H,38,39,40)/t17?,18-/m0/s1. The van der Waals surface area contributed by atoms with Crippen LogP contribution in [0.15, 0.2) is 35.4 Å². The van der Waals surface area contributed by atoms with E-state index in [9.17, 15) is 35.9 Å². The molecule has 1 unspecified atom stereocenters. The van der Waals surface area contributed by atoms with Crippen molar-refractivity contribution in [3.8, 4) is 10.6 Å². The Labute approximate surface area is 278 Å². The molecule has 254 valence electrons. The van der Waals surface area contributed by atoms with Crippen LogP contribution in [0.5, 0.6) is 0 Å². The molecule has 4 aliphatic heterocycles. The van der Waals surface area contributed by atoms with E-state index < -0.39 is 29.9 Å². The predicted octanol–water partition coefficient (Wildman–Crippen LogP) is 6.14. The summed E-state index contributed by atoms with van der Waals surface area (Å²) in [5.74, 6) is -1.26. The molecular formula is C31H28F6N6O3S2. The fraction of sp³-hybridized carbons (Fsp3) is 0.484. The number of alkyl halides is 6. The van der Waals surface area contributed by atoms with Gasteiger partial charge in [0.25, 0.3) is 5.91 Å². The second-order valence-electron chi connectivity index (χ2n) is 12.6. The maximum absolute atomic E-state index is 14.2. The van der Waals surface area contributed by atoms with Gasteiger partial charge in [-0.3, -0.25) is 9.59 Å². The zero-order valence-electron chi connectivity index (χ0n) is 25.1. The highest BCUT2D eigenvalue weighted by Crippen LogP contribution is 2.48. The molecule has 6 heterocycles. The predicted molar refractivity (Wildman–Crippen MR) is 166 cm³/mol. The highest BCUT2D eigenvalue weighted by atomic mass is 32.2. The third kappa shape index (κ3) is 5.66. The third-order valence-electron chi connectivity index (χ3n) is 9.51. The fourth-order valence-corrected chi connectivity index (χ4v) is 9.23. The number of thioether (sulfide) groups is 1. The number of thiophene rings is 1. The number of rotatable bonds is 6. The van der Waals surface area contributed by atoms with Gasteiger partial charge in [-0.25, -0.2) is 9.97 Å². The first kappa shape index (κ1) is 31.7. The lowest BCUT2D eigenvalue weighted by molar-refractivity contribution is -0.186. The molecule has 17 heteroatoms. The molecule has 5 aliphatic rings. The van der Waals surface area contributed by atoms with Gasteiger partial charge in [-0.1, -0.05) is 0 Å². The van der Waals surface area contributed by atoms with Crippen molar-refractivity contribution in [2.75, 3.05) is 48.8 Å².